The first-order chi connectivity index (χ1) is 5.99. The minimum atomic E-state index is -0.221. The molecule has 0 aromatic rings. The van der Waals surface area contributed by atoms with E-state index in [2.05, 4.69) is 13.8 Å². The van der Waals surface area contributed by atoms with Crippen molar-refractivity contribution in [2.45, 2.75) is 38.9 Å². The molecule has 0 spiro atoms. The Morgan fingerprint density at radius 3 is 1.77 bits per heavy atom. The third kappa shape index (κ3) is 5.21. The average molecular weight is 188 g/mol. The zero-order valence-corrected chi connectivity index (χ0v) is 8.74. The smallest absolute Gasteiger partial charge is 0.0547 e. The highest BCUT2D eigenvalue weighted by atomic mass is 14.9. The zero-order chi connectivity index (χ0) is 10.4. The van der Waals surface area contributed by atoms with E-state index in [4.69, 9.17) is 22.9 Å². The second-order valence-electron chi connectivity index (χ2n) is 4.01. The minimum Gasteiger partial charge on any atom is -0.329 e. The molecule has 0 bridgehead atoms. The predicted octanol–water partition coefficient (Wildman–Crippen LogP) is -0.432. The highest BCUT2D eigenvalue weighted by Gasteiger charge is 2.14. The van der Waals surface area contributed by atoms with Gasteiger partial charge in [-0.25, -0.2) is 0 Å². The summed E-state index contributed by atoms with van der Waals surface area (Å²) in [5.41, 5.74) is 22.4. The molecule has 0 amide bonds. The van der Waals surface area contributed by atoms with Crippen LogP contribution >= 0.6 is 0 Å². The molecule has 0 saturated heterocycles. The van der Waals surface area contributed by atoms with Crippen molar-refractivity contribution in [3.05, 3.63) is 0 Å². The van der Waals surface area contributed by atoms with Gasteiger partial charge in [-0.15, -0.1) is 0 Å². The van der Waals surface area contributed by atoms with Gasteiger partial charge in [-0.05, 0) is 24.7 Å². The maximum absolute atomic E-state index is 5.79. The normalized spacial score (nSPS) is 18.7. The summed E-state index contributed by atoms with van der Waals surface area (Å²) >= 11 is 0. The van der Waals surface area contributed by atoms with Crippen LogP contribution in [0.4, 0.5) is 0 Å². The van der Waals surface area contributed by atoms with Crippen LogP contribution in [0.25, 0.3) is 0 Å². The Balaban J connectivity index is 3.63. The largest absolute Gasteiger partial charge is 0.329 e. The van der Waals surface area contributed by atoms with Crippen LogP contribution in [0.3, 0.4) is 0 Å². The first-order valence-corrected chi connectivity index (χ1v) is 4.95. The third-order valence-electron chi connectivity index (χ3n) is 2.74. The summed E-state index contributed by atoms with van der Waals surface area (Å²) in [6, 6.07) is 0.0983. The van der Waals surface area contributed by atoms with E-state index in [9.17, 15) is 0 Å². The topological polar surface area (TPSA) is 104 Å². The van der Waals surface area contributed by atoms with Gasteiger partial charge in [0.15, 0.2) is 0 Å². The van der Waals surface area contributed by atoms with Crippen LogP contribution in [-0.4, -0.2) is 18.8 Å². The number of rotatable bonds is 6. The summed E-state index contributed by atoms with van der Waals surface area (Å²) in [6.45, 7) is 4.72. The fourth-order valence-corrected chi connectivity index (χ4v) is 1.16. The molecule has 0 rings (SSSR count). The van der Waals surface area contributed by atoms with Crippen molar-refractivity contribution in [1.82, 2.24) is 0 Å². The van der Waals surface area contributed by atoms with Gasteiger partial charge < -0.3 is 22.9 Å². The van der Waals surface area contributed by atoms with E-state index in [0.29, 0.717) is 18.4 Å². The molecule has 0 aromatic heterocycles. The monoisotopic (exact) mass is 188 g/mol. The summed E-state index contributed by atoms with van der Waals surface area (Å²) in [4.78, 5) is 0. The standard InChI is InChI=1S/C9H24N4/c1-6(8(11)5-10)3-4-7(2)9(12)13/h6-9H,3-5,10-13H2,1-2H3. The average Bonchev–Trinajstić information content (AvgIpc) is 2.11. The van der Waals surface area contributed by atoms with E-state index in [1.165, 1.54) is 0 Å². The van der Waals surface area contributed by atoms with Gasteiger partial charge >= 0.3 is 0 Å². The van der Waals surface area contributed by atoms with E-state index < -0.39 is 0 Å². The molecule has 0 aliphatic carbocycles. The fourth-order valence-electron chi connectivity index (χ4n) is 1.16. The molecule has 0 saturated carbocycles. The SMILES string of the molecule is CC(CCC(C)C(N)CN)C(N)N. The molecule has 8 N–H and O–H groups in total. The Hall–Kier alpha value is -0.160. The van der Waals surface area contributed by atoms with Gasteiger partial charge in [0.05, 0.1) is 6.17 Å². The Bertz CT molecular complexity index is 127. The van der Waals surface area contributed by atoms with Gasteiger partial charge in [0, 0.05) is 12.6 Å². The lowest BCUT2D eigenvalue weighted by atomic mass is 9.92. The highest BCUT2D eigenvalue weighted by molar-refractivity contribution is 4.72. The number of hydrogen-bond donors (Lipinski definition) is 4. The Morgan fingerprint density at radius 2 is 1.38 bits per heavy atom. The lowest BCUT2D eigenvalue weighted by Crippen LogP contribution is -2.39. The van der Waals surface area contributed by atoms with E-state index in [1.807, 2.05) is 0 Å². The van der Waals surface area contributed by atoms with Gasteiger partial charge in [-0.3, -0.25) is 0 Å². The van der Waals surface area contributed by atoms with Crippen molar-refractivity contribution in [2.24, 2.45) is 34.8 Å². The third-order valence-corrected chi connectivity index (χ3v) is 2.74. The van der Waals surface area contributed by atoms with E-state index in [0.717, 1.165) is 12.8 Å². The molecule has 3 unspecified atom stereocenters. The van der Waals surface area contributed by atoms with Crippen LogP contribution in [0.5, 0.6) is 0 Å². The van der Waals surface area contributed by atoms with Crippen molar-refractivity contribution in [3.8, 4) is 0 Å². The molecule has 13 heavy (non-hydrogen) atoms. The van der Waals surface area contributed by atoms with E-state index >= 15 is 0 Å². The lowest BCUT2D eigenvalue weighted by Gasteiger charge is -2.21. The molecule has 0 aliphatic rings. The number of hydrogen-bond acceptors (Lipinski definition) is 4. The van der Waals surface area contributed by atoms with Crippen LogP contribution in [0.2, 0.25) is 0 Å². The summed E-state index contributed by atoms with van der Waals surface area (Å²) in [7, 11) is 0. The molecule has 4 heteroatoms. The molecule has 0 fully saturated rings. The van der Waals surface area contributed by atoms with Gasteiger partial charge in [0.2, 0.25) is 0 Å². The molecular weight excluding hydrogens is 164 g/mol. The van der Waals surface area contributed by atoms with Gasteiger partial charge in [-0.2, -0.15) is 0 Å². The highest BCUT2D eigenvalue weighted by Crippen LogP contribution is 2.14. The van der Waals surface area contributed by atoms with Crippen molar-refractivity contribution in [2.75, 3.05) is 6.54 Å². The molecule has 0 radical (unpaired) electrons. The summed E-state index contributed by atoms with van der Waals surface area (Å²) in [5.74, 6) is 0.804. The van der Waals surface area contributed by atoms with Crippen molar-refractivity contribution >= 4 is 0 Å². The van der Waals surface area contributed by atoms with Crippen LogP contribution in [0, 0.1) is 11.8 Å². The van der Waals surface area contributed by atoms with E-state index in [-0.39, 0.29) is 12.2 Å². The second kappa shape index (κ2) is 6.32. The predicted molar refractivity (Wildman–Crippen MR) is 56.8 cm³/mol. The maximum Gasteiger partial charge on any atom is 0.0547 e. The molecule has 0 heterocycles. The van der Waals surface area contributed by atoms with Gasteiger partial charge in [0.1, 0.15) is 0 Å². The van der Waals surface area contributed by atoms with Gasteiger partial charge in [-0.1, -0.05) is 13.8 Å². The molecule has 80 valence electrons. The minimum absolute atomic E-state index is 0.0983. The Morgan fingerprint density at radius 1 is 0.923 bits per heavy atom. The van der Waals surface area contributed by atoms with Crippen LogP contribution in [0.1, 0.15) is 26.7 Å². The first kappa shape index (κ1) is 12.8. The quantitative estimate of drug-likeness (QED) is 0.424. The molecule has 4 nitrogen and oxygen atoms in total. The van der Waals surface area contributed by atoms with Gasteiger partial charge in [0.25, 0.3) is 0 Å². The Labute approximate surface area is 81.0 Å². The molecular formula is C9H24N4. The number of nitrogens with two attached hydrogens (primary N) is 4. The van der Waals surface area contributed by atoms with Crippen LogP contribution in [-0.2, 0) is 0 Å². The lowest BCUT2D eigenvalue weighted by molar-refractivity contribution is 0.351. The van der Waals surface area contributed by atoms with Crippen molar-refractivity contribution < 1.29 is 0 Å². The fraction of sp³-hybridized carbons (Fsp3) is 1.00. The maximum atomic E-state index is 5.79. The van der Waals surface area contributed by atoms with E-state index in [1.54, 1.807) is 0 Å². The molecule has 3 atom stereocenters. The summed E-state index contributed by atoms with van der Waals surface area (Å²) < 4.78 is 0. The Kier molecular flexibility index (Phi) is 6.24. The van der Waals surface area contributed by atoms with Crippen LogP contribution in [0.15, 0.2) is 0 Å². The summed E-state index contributed by atoms with van der Waals surface area (Å²) in [6.07, 6.45) is 1.85. The molecule has 0 aliphatic heterocycles. The first-order valence-electron chi connectivity index (χ1n) is 4.95. The van der Waals surface area contributed by atoms with Crippen molar-refractivity contribution in [1.29, 1.82) is 0 Å². The zero-order valence-electron chi connectivity index (χ0n) is 8.74. The summed E-state index contributed by atoms with van der Waals surface area (Å²) in [5, 5.41) is 0. The molecule has 0 aromatic carbocycles. The van der Waals surface area contributed by atoms with Crippen LogP contribution < -0.4 is 22.9 Å². The second-order valence-corrected chi connectivity index (χ2v) is 4.01. The van der Waals surface area contributed by atoms with Crippen molar-refractivity contribution in [3.63, 3.8) is 0 Å².